The van der Waals surface area contributed by atoms with E-state index in [1.54, 1.807) is 17.5 Å². The number of aromatic nitrogens is 2. The summed E-state index contributed by atoms with van der Waals surface area (Å²) in [6.07, 6.45) is 2.57. The highest BCUT2D eigenvalue weighted by atomic mass is 32.1. The van der Waals surface area contributed by atoms with E-state index in [9.17, 15) is 0 Å². The fraction of sp³-hybridized carbons (Fsp3) is 0.308. The number of nitrogens with zero attached hydrogens (tertiary/aromatic N) is 3. The van der Waals surface area contributed by atoms with Crippen molar-refractivity contribution in [3.05, 3.63) is 40.0 Å². The lowest BCUT2D eigenvalue weighted by Gasteiger charge is -2.03. The summed E-state index contributed by atoms with van der Waals surface area (Å²) in [5, 5.41) is 4.05. The van der Waals surface area contributed by atoms with Crippen LogP contribution < -0.4 is 11.1 Å². The topological polar surface area (TPSA) is 76.2 Å². The zero-order valence-corrected chi connectivity index (χ0v) is 11.9. The fourth-order valence-corrected chi connectivity index (χ4v) is 2.62. The molecule has 100 valence electrons. The summed E-state index contributed by atoms with van der Waals surface area (Å²) in [7, 11) is 0. The molecule has 0 aliphatic carbocycles. The largest absolute Gasteiger partial charge is 0.370 e. The number of hydrogen-bond donors (Lipinski definition) is 2. The average Bonchev–Trinajstić information content (AvgIpc) is 2.69. The van der Waals surface area contributed by atoms with Crippen LogP contribution in [0.4, 0.5) is 5.82 Å². The first-order valence-electron chi connectivity index (χ1n) is 6.06. The van der Waals surface area contributed by atoms with E-state index >= 15 is 0 Å². The summed E-state index contributed by atoms with van der Waals surface area (Å²) in [5.41, 5.74) is 6.89. The van der Waals surface area contributed by atoms with Crippen LogP contribution in [0.2, 0.25) is 0 Å². The van der Waals surface area contributed by atoms with Crippen molar-refractivity contribution >= 4 is 23.1 Å². The molecule has 0 aromatic carbocycles. The summed E-state index contributed by atoms with van der Waals surface area (Å²) in [4.78, 5) is 14.1. The standard InChI is InChI=1S/C13H17N5S/c1-9-11(19-10(2)17-9)6-8-16-13(14)18-12-5-3-4-7-15-12/h3-5,7H,6,8H2,1-2H3,(H3,14,15,16,18). The molecule has 0 atom stereocenters. The molecular formula is C13H17N5S. The van der Waals surface area contributed by atoms with Crippen LogP contribution in [0.1, 0.15) is 15.6 Å². The van der Waals surface area contributed by atoms with Crippen LogP contribution in [0.5, 0.6) is 0 Å². The van der Waals surface area contributed by atoms with Crippen molar-refractivity contribution in [1.29, 1.82) is 0 Å². The van der Waals surface area contributed by atoms with Crippen molar-refractivity contribution in [3.63, 3.8) is 0 Å². The Morgan fingerprint density at radius 2 is 2.26 bits per heavy atom. The van der Waals surface area contributed by atoms with Crippen LogP contribution in [-0.2, 0) is 6.42 Å². The van der Waals surface area contributed by atoms with Gasteiger partial charge in [-0.15, -0.1) is 11.3 Å². The third-order valence-electron chi connectivity index (χ3n) is 2.54. The minimum absolute atomic E-state index is 0.387. The van der Waals surface area contributed by atoms with Crippen LogP contribution >= 0.6 is 11.3 Å². The zero-order valence-electron chi connectivity index (χ0n) is 11.1. The number of rotatable bonds is 4. The minimum atomic E-state index is 0.387. The molecule has 0 aliphatic rings. The van der Waals surface area contributed by atoms with Gasteiger partial charge >= 0.3 is 0 Å². The van der Waals surface area contributed by atoms with E-state index in [4.69, 9.17) is 5.73 Å². The van der Waals surface area contributed by atoms with Crippen molar-refractivity contribution in [2.45, 2.75) is 20.3 Å². The Labute approximate surface area is 116 Å². The van der Waals surface area contributed by atoms with Gasteiger partial charge in [0.15, 0.2) is 5.96 Å². The lowest BCUT2D eigenvalue weighted by Crippen LogP contribution is -2.23. The molecule has 0 bridgehead atoms. The van der Waals surface area contributed by atoms with E-state index in [0.717, 1.165) is 17.1 Å². The Kier molecular flexibility index (Phi) is 4.46. The van der Waals surface area contributed by atoms with Gasteiger partial charge in [0.2, 0.25) is 0 Å². The molecule has 6 heteroatoms. The number of anilines is 1. The van der Waals surface area contributed by atoms with Gasteiger partial charge in [0.05, 0.1) is 10.7 Å². The minimum Gasteiger partial charge on any atom is -0.370 e. The predicted octanol–water partition coefficient (Wildman–Crippen LogP) is 2.12. The van der Waals surface area contributed by atoms with Gasteiger partial charge in [-0.3, -0.25) is 4.99 Å². The summed E-state index contributed by atoms with van der Waals surface area (Å²) in [6.45, 7) is 4.69. The molecule has 0 fully saturated rings. The Bertz CT molecular complexity index is 562. The van der Waals surface area contributed by atoms with E-state index in [1.807, 2.05) is 32.0 Å². The van der Waals surface area contributed by atoms with Gasteiger partial charge in [-0.2, -0.15) is 0 Å². The molecule has 0 saturated heterocycles. The monoisotopic (exact) mass is 275 g/mol. The number of aryl methyl sites for hydroxylation is 2. The van der Waals surface area contributed by atoms with E-state index in [0.29, 0.717) is 18.3 Å². The molecule has 0 amide bonds. The zero-order chi connectivity index (χ0) is 13.7. The van der Waals surface area contributed by atoms with Gasteiger partial charge in [0.25, 0.3) is 0 Å². The predicted molar refractivity (Wildman–Crippen MR) is 79.6 cm³/mol. The third-order valence-corrected chi connectivity index (χ3v) is 3.67. The quantitative estimate of drug-likeness (QED) is 0.662. The number of hydrogen-bond acceptors (Lipinski definition) is 4. The smallest absolute Gasteiger partial charge is 0.194 e. The second kappa shape index (κ2) is 6.29. The second-order valence-electron chi connectivity index (χ2n) is 4.10. The maximum absolute atomic E-state index is 5.80. The van der Waals surface area contributed by atoms with E-state index in [1.165, 1.54) is 4.88 Å². The maximum Gasteiger partial charge on any atom is 0.194 e. The summed E-state index contributed by atoms with van der Waals surface area (Å²) in [6, 6.07) is 5.60. The molecule has 0 aliphatic heterocycles. The van der Waals surface area contributed by atoms with Gasteiger partial charge in [-0.25, -0.2) is 9.97 Å². The Morgan fingerprint density at radius 1 is 1.42 bits per heavy atom. The van der Waals surface area contributed by atoms with Crippen LogP contribution in [0.25, 0.3) is 0 Å². The molecule has 0 spiro atoms. The number of nitrogens with two attached hydrogens (primary N) is 1. The van der Waals surface area contributed by atoms with Gasteiger partial charge in [-0.05, 0) is 26.0 Å². The second-order valence-corrected chi connectivity index (χ2v) is 5.39. The van der Waals surface area contributed by atoms with Gasteiger partial charge in [0, 0.05) is 24.0 Å². The molecule has 3 N–H and O–H groups in total. The normalized spacial score (nSPS) is 11.6. The van der Waals surface area contributed by atoms with Crippen molar-refractivity contribution in [3.8, 4) is 0 Å². The first-order valence-corrected chi connectivity index (χ1v) is 6.87. The van der Waals surface area contributed by atoms with E-state index in [2.05, 4.69) is 20.3 Å². The van der Waals surface area contributed by atoms with Gasteiger partial charge in [-0.1, -0.05) is 6.07 Å². The third kappa shape index (κ3) is 4.03. The maximum atomic E-state index is 5.80. The summed E-state index contributed by atoms with van der Waals surface area (Å²) < 4.78 is 0. The lowest BCUT2D eigenvalue weighted by atomic mass is 10.3. The molecule has 19 heavy (non-hydrogen) atoms. The highest BCUT2D eigenvalue weighted by Crippen LogP contribution is 2.17. The van der Waals surface area contributed by atoms with E-state index < -0.39 is 0 Å². The number of aliphatic imine (C=N–C) groups is 1. The van der Waals surface area contributed by atoms with Crippen LogP contribution in [-0.4, -0.2) is 22.5 Å². The summed E-state index contributed by atoms with van der Waals surface area (Å²) >= 11 is 1.72. The van der Waals surface area contributed by atoms with Crippen molar-refractivity contribution in [1.82, 2.24) is 9.97 Å². The van der Waals surface area contributed by atoms with Crippen LogP contribution in [0.15, 0.2) is 29.4 Å². The highest BCUT2D eigenvalue weighted by molar-refractivity contribution is 7.11. The molecule has 0 radical (unpaired) electrons. The van der Waals surface area contributed by atoms with Crippen molar-refractivity contribution in [2.24, 2.45) is 10.7 Å². The average molecular weight is 275 g/mol. The Hall–Kier alpha value is -1.95. The van der Waals surface area contributed by atoms with Crippen molar-refractivity contribution in [2.75, 3.05) is 11.9 Å². The molecule has 2 aromatic rings. The highest BCUT2D eigenvalue weighted by Gasteiger charge is 2.03. The fourth-order valence-electron chi connectivity index (χ4n) is 1.69. The molecule has 2 aromatic heterocycles. The lowest BCUT2D eigenvalue weighted by molar-refractivity contribution is 0.964. The first-order chi connectivity index (χ1) is 9.15. The summed E-state index contributed by atoms with van der Waals surface area (Å²) in [5.74, 6) is 1.09. The number of nitrogens with one attached hydrogen (secondary N) is 1. The molecule has 2 rings (SSSR count). The Balaban J connectivity index is 1.87. The SMILES string of the molecule is Cc1nc(C)c(CCN=C(N)Nc2ccccn2)s1. The number of thiazole rings is 1. The van der Waals surface area contributed by atoms with Gasteiger partial charge < -0.3 is 11.1 Å². The van der Waals surface area contributed by atoms with Crippen LogP contribution in [0.3, 0.4) is 0 Å². The number of guanidine groups is 1. The molecule has 0 saturated carbocycles. The number of pyridine rings is 1. The molecule has 5 nitrogen and oxygen atoms in total. The first kappa shape index (κ1) is 13.5. The molecule has 2 heterocycles. The molecular weight excluding hydrogens is 258 g/mol. The molecule has 0 unspecified atom stereocenters. The van der Waals surface area contributed by atoms with Gasteiger partial charge in [0.1, 0.15) is 5.82 Å². The van der Waals surface area contributed by atoms with E-state index in [-0.39, 0.29) is 0 Å². The van der Waals surface area contributed by atoms with Crippen molar-refractivity contribution < 1.29 is 0 Å². The Morgan fingerprint density at radius 3 is 2.89 bits per heavy atom. The van der Waals surface area contributed by atoms with Crippen LogP contribution in [0, 0.1) is 13.8 Å².